The Morgan fingerprint density at radius 1 is 1.29 bits per heavy atom. The molecule has 0 atom stereocenters. The van der Waals surface area contributed by atoms with Crippen LogP contribution in [0.3, 0.4) is 0 Å². The molecule has 2 amide bonds. The number of hydrogen-bond donors (Lipinski definition) is 1. The van der Waals surface area contributed by atoms with Crippen molar-refractivity contribution in [1.82, 2.24) is 4.90 Å². The zero-order chi connectivity index (χ0) is 20.1. The topological polar surface area (TPSA) is 58.6 Å². The number of ether oxygens (including phenoxy) is 1. The Kier molecular flexibility index (Phi) is 6.88. The van der Waals surface area contributed by atoms with Crippen LogP contribution in [0.25, 0.3) is 6.08 Å². The highest BCUT2D eigenvalue weighted by molar-refractivity contribution is 9.10. The Bertz CT molecular complexity index is 962. The van der Waals surface area contributed by atoms with E-state index in [-0.39, 0.29) is 24.8 Å². The predicted molar refractivity (Wildman–Crippen MR) is 120 cm³/mol. The van der Waals surface area contributed by atoms with Crippen molar-refractivity contribution in [3.63, 3.8) is 0 Å². The number of hydrogen-bond acceptors (Lipinski definition) is 5. The van der Waals surface area contributed by atoms with E-state index in [1.807, 2.05) is 42.5 Å². The van der Waals surface area contributed by atoms with Crippen molar-refractivity contribution >= 4 is 67.8 Å². The fourth-order valence-electron chi connectivity index (χ4n) is 2.58. The zero-order valence-corrected chi connectivity index (χ0v) is 18.2. The summed E-state index contributed by atoms with van der Waals surface area (Å²) in [5, 5.41) is 2.81. The van der Waals surface area contributed by atoms with Crippen molar-refractivity contribution in [1.29, 1.82) is 0 Å². The van der Waals surface area contributed by atoms with Crippen LogP contribution in [0.15, 0.2) is 57.9 Å². The molecule has 3 rings (SSSR count). The molecule has 8 heteroatoms. The van der Waals surface area contributed by atoms with Crippen molar-refractivity contribution in [3.8, 4) is 5.75 Å². The third-order valence-electron chi connectivity index (χ3n) is 3.94. The van der Waals surface area contributed by atoms with E-state index < -0.39 is 0 Å². The van der Waals surface area contributed by atoms with Crippen LogP contribution in [-0.4, -0.2) is 34.7 Å². The first-order chi connectivity index (χ1) is 13.5. The predicted octanol–water partition coefficient (Wildman–Crippen LogP) is 4.69. The van der Waals surface area contributed by atoms with Gasteiger partial charge in [0.15, 0.2) is 0 Å². The second kappa shape index (κ2) is 9.36. The second-order valence-electron chi connectivity index (χ2n) is 5.92. The number of carbonyl (C=O) groups is 2. The number of nitrogens with zero attached hydrogens (tertiary/aromatic N) is 1. The van der Waals surface area contributed by atoms with E-state index in [0.717, 1.165) is 10.0 Å². The molecule has 144 valence electrons. The van der Waals surface area contributed by atoms with Crippen LogP contribution >= 0.6 is 39.9 Å². The average molecular weight is 477 g/mol. The van der Waals surface area contributed by atoms with Gasteiger partial charge in [0.25, 0.3) is 5.91 Å². The van der Waals surface area contributed by atoms with Crippen molar-refractivity contribution in [2.75, 3.05) is 19.0 Å². The van der Waals surface area contributed by atoms with E-state index in [4.69, 9.17) is 17.0 Å². The summed E-state index contributed by atoms with van der Waals surface area (Å²) in [6.45, 7) is 0.236. The minimum absolute atomic E-state index is 0.158. The Hall–Kier alpha value is -2.16. The molecule has 1 heterocycles. The van der Waals surface area contributed by atoms with Gasteiger partial charge in [-0.1, -0.05) is 58.1 Å². The number of amides is 2. The van der Waals surface area contributed by atoms with Gasteiger partial charge in [0.2, 0.25) is 5.91 Å². The minimum Gasteiger partial charge on any atom is -0.497 e. The van der Waals surface area contributed by atoms with Crippen LogP contribution in [0, 0.1) is 0 Å². The largest absolute Gasteiger partial charge is 0.497 e. The summed E-state index contributed by atoms with van der Waals surface area (Å²) in [5.74, 6) is 0.352. The molecule has 0 aliphatic carbocycles. The number of halogens is 1. The molecule has 0 saturated carbocycles. The lowest BCUT2D eigenvalue weighted by Gasteiger charge is -2.14. The van der Waals surface area contributed by atoms with Gasteiger partial charge in [-0.3, -0.25) is 14.5 Å². The smallest absolute Gasteiger partial charge is 0.266 e. The highest BCUT2D eigenvalue weighted by Gasteiger charge is 2.32. The Labute approximate surface area is 181 Å². The van der Waals surface area contributed by atoms with Crippen molar-refractivity contribution in [2.24, 2.45) is 0 Å². The summed E-state index contributed by atoms with van der Waals surface area (Å²) in [7, 11) is 1.60. The summed E-state index contributed by atoms with van der Waals surface area (Å²) in [6, 6.07) is 14.8. The van der Waals surface area contributed by atoms with E-state index in [0.29, 0.717) is 20.7 Å². The van der Waals surface area contributed by atoms with Gasteiger partial charge in [-0.05, 0) is 42.0 Å². The van der Waals surface area contributed by atoms with Crippen LogP contribution in [0.4, 0.5) is 5.69 Å². The monoisotopic (exact) mass is 476 g/mol. The van der Waals surface area contributed by atoms with Gasteiger partial charge < -0.3 is 10.1 Å². The summed E-state index contributed by atoms with van der Waals surface area (Å²) in [5.41, 5.74) is 1.55. The lowest BCUT2D eigenvalue weighted by Crippen LogP contribution is -2.31. The molecule has 28 heavy (non-hydrogen) atoms. The normalized spacial score (nSPS) is 15.2. The molecular weight excluding hydrogens is 460 g/mol. The zero-order valence-electron chi connectivity index (χ0n) is 15.0. The highest BCUT2D eigenvalue weighted by Crippen LogP contribution is 2.33. The van der Waals surface area contributed by atoms with E-state index >= 15 is 0 Å². The van der Waals surface area contributed by atoms with E-state index in [9.17, 15) is 9.59 Å². The first-order valence-electron chi connectivity index (χ1n) is 8.41. The standard InChI is InChI=1S/C20H17BrN2O3S2/c1-26-16-7-2-4-13(10-16)11-17-19(25)23(20(27)28-17)9-8-18(24)22-15-6-3-5-14(21)12-15/h2-7,10-12H,8-9H2,1H3,(H,22,24)/b17-11-. The molecule has 1 fully saturated rings. The number of thioether (sulfide) groups is 1. The maximum atomic E-state index is 12.7. The molecule has 0 radical (unpaired) electrons. The van der Waals surface area contributed by atoms with Crippen LogP contribution in [-0.2, 0) is 9.59 Å². The molecule has 1 saturated heterocycles. The fraction of sp³-hybridized carbons (Fsp3) is 0.150. The van der Waals surface area contributed by atoms with Crippen LogP contribution in [0.1, 0.15) is 12.0 Å². The SMILES string of the molecule is COc1cccc(/C=C2\SC(=S)N(CCC(=O)Nc3cccc(Br)c3)C2=O)c1. The van der Waals surface area contributed by atoms with E-state index in [1.54, 1.807) is 19.3 Å². The molecule has 0 spiro atoms. The van der Waals surface area contributed by atoms with E-state index in [2.05, 4.69) is 21.2 Å². The molecule has 1 aliphatic heterocycles. The number of benzene rings is 2. The first-order valence-corrected chi connectivity index (χ1v) is 10.4. The molecule has 5 nitrogen and oxygen atoms in total. The highest BCUT2D eigenvalue weighted by atomic mass is 79.9. The maximum absolute atomic E-state index is 12.7. The molecule has 0 aromatic heterocycles. The number of carbonyl (C=O) groups excluding carboxylic acids is 2. The van der Waals surface area contributed by atoms with Gasteiger partial charge >= 0.3 is 0 Å². The van der Waals surface area contributed by atoms with Crippen molar-refractivity contribution in [3.05, 3.63) is 63.5 Å². The van der Waals surface area contributed by atoms with Crippen molar-refractivity contribution < 1.29 is 14.3 Å². The Balaban J connectivity index is 1.62. The Morgan fingerprint density at radius 3 is 2.82 bits per heavy atom. The molecule has 1 N–H and O–H groups in total. The average Bonchev–Trinajstić information content (AvgIpc) is 2.93. The number of nitrogens with one attached hydrogen (secondary N) is 1. The molecule has 0 unspecified atom stereocenters. The van der Waals surface area contributed by atoms with Gasteiger partial charge in [-0.15, -0.1) is 0 Å². The molecular formula is C20H17BrN2O3S2. The lowest BCUT2D eigenvalue weighted by atomic mass is 10.2. The lowest BCUT2D eigenvalue weighted by molar-refractivity contribution is -0.122. The molecule has 2 aromatic carbocycles. The summed E-state index contributed by atoms with van der Waals surface area (Å²) in [4.78, 5) is 26.9. The molecule has 0 bridgehead atoms. The van der Waals surface area contributed by atoms with Crippen LogP contribution in [0.2, 0.25) is 0 Å². The van der Waals surface area contributed by atoms with Gasteiger partial charge in [-0.2, -0.15) is 0 Å². The quantitative estimate of drug-likeness (QED) is 0.484. The number of anilines is 1. The summed E-state index contributed by atoms with van der Waals surface area (Å²) < 4.78 is 6.54. The first kappa shape index (κ1) is 20.6. The minimum atomic E-state index is -0.187. The van der Waals surface area contributed by atoms with Gasteiger partial charge in [0.1, 0.15) is 10.1 Å². The van der Waals surface area contributed by atoms with Crippen molar-refractivity contribution in [2.45, 2.75) is 6.42 Å². The summed E-state index contributed by atoms with van der Waals surface area (Å²) >= 11 is 9.93. The second-order valence-corrected chi connectivity index (χ2v) is 8.51. The molecule has 1 aliphatic rings. The van der Waals surface area contributed by atoms with Gasteiger partial charge in [0, 0.05) is 23.1 Å². The summed E-state index contributed by atoms with van der Waals surface area (Å²) in [6.07, 6.45) is 1.94. The van der Waals surface area contributed by atoms with Gasteiger partial charge in [-0.25, -0.2) is 0 Å². The maximum Gasteiger partial charge on any atom is 0.266 e. The number of methoxy groups -OCH3 is 1. The Morgan fingerprint density at radius 2 is 2.07 bits per heavy atom. The van der Waals surface area contributed by atoms with Gasteiger partial charge in [0.05, 0.1) is 12.0 Å². The molecule has 2 aromatic rings. The number of thiocarbonyl (C=S) groups is 1. The number of rotatable bonds is 6. The van der Waals surface area contributed by atoms with Crippen LogP contribution < -0.4 is 10.1 Å². The fourth-order valence-corrected chi connectivity index (χ4v) is 4.29. The van der Waals surface area contributed by atoms with Crippen LogP contribution in [0.5, 0.6) is 5.75 Å². The van der Waals surface area contributed by atoms with E-state index in [1.165, 1.54) is 16.7 Å². The third-order valence-corrected chi connectivity index (χ3v) is 5.81. The third kappa shape index (κ3) is 5.21.